The number of nitrogens with zero attached hydrogens (tertiary/aromatic N) is 4. The van der Waals surface area contributed by atoms with Crippen LogP contribution in [0.15, 0.2) is 18.2 Å². The van der Waals surface area contributed by atoms with Gasteiger partial charge in [0.25, 0.3) is 0 Å². The number of carbonyl (C=O) groups excluding carboxylic acids is 1. The smallest absolute Gasteiger partial charge is 0.309 e. The molecule has 1 aromatic carbocycles. The fraction of sp³-hybridized carbons (Fsp3) is 0.500. The monoisotopic (exact) mass is 466 g/mol. The zero-order valence-corrected chi connectivity index (χ0v) is 21.0. The average Bonchev–Trinajstić information content (AvgIpc) is 3.11. The van der Waals surface area contributed by atoms with E-state index in [2.05, 4.69) is 33.5 Å². The molecule has 3 aromatic rings. The number of carbonyl (C=O) groups is 1. The van der Waals surface area contributed by atoms with Crippen LogP contribution in [-0.4, -0.2) is 54.1 Å². The highest BCUT2D eigenvalue weighted by Gasteiger charge is 2.29. The van der Waals surface area contributed by atoms with Crippen LogP contribution in [0.1, 0.15) is 43.8 Å². The molecule has 0 N–H and O–H groups in total. The highest BCUT2D eigenvalue weighted by atomic mass is 16.5. The van der Waals surface area contributed by atoms with E-state index in [1.807, 2.05) is 39.0 Å². The maximum atomic E-state index is 12.2. The van der Waals surface area contributed by atoms with Gasteiger partial charge >= 0.3 is 5.97 Å². The van der Waals surface area contributed by atoms with Gasteiger partial charge in [-0.15, -0.1) is 5.10 Å². The van der Waals surface area contributed by atoms with E-state index < -0.39 is 0 Å². The van der Waals surface area contributed by atoms with Crippen molar-refractivity contribution >= 4 is 22.6 Å². The Morgan fingerprint density at radius 1 is 1.03 bits per heavy atom. The average molecular weight is 467 g/mol. The molecule has 0 saturated carbocycles. The summed E-state index contributed by atoms with van der Waals surface area (Å²) in [4.78, 5) is 14.4. The lowest BCUT2D eigenvalue weighted by Gasteiger charge is -2.32. The maximum Gasteiger partial charge on any atom is 0.309 e. The third kappa shape index (κ3) is 4.17. The molecule has 1 aliphatic heterocycles. The molecule has 0 aliphatic carbocycles. The van der Waals surface area contributed by atoms with Crippen LogP contribution in [0.4, 0.5) is 5.82 Å². The Balaban J connectivity index is 1.77. The van der Waals surface area contributed by atoms with Crippen LogP contribution in [0, 0.1) is 26.7 Å². The molecule has 1 saturated heterocycles. The lowest BCUT2D eigenvalue weighted by Crippen LogP contribution is -2.37. The summed E-state index contributed by atoms with van der Waals surface area (Å²) in [7, 11) is 1.68. The van der Waals surface area contributed by atoms with Gasteiger partial charge in [-0.2, -0.15) is 5.10 Å². The molecule has 182 valence electrons. The number of benzene rings is 1. The number of aromatic nitrogens is 3. The molecule has 34 heavy (non-hydrogen) atoms. The van der Waals surface area contributed by atoms with Crippen molar-refractivity contribution < 1.29 is 19.0 Å². The predicted molar refractivity (Wildman–Crippen MR) is 132 cm³/mol. The van der Waals surface area contributed by atoms with Crippen molar-refractivity contribution in [2.24, 2.45) is 5.92 Å². The number of esters is 1. The second-order valence-corrected chi connectivity index (χ2v) is 8.65. The van der Waals surface area contributed by atoms with Crippen LogP contribution < -0.4 is 14.4 Å². The summed E-state index contributed by atoms with van der Waals surface area (Å²) in [6, 6.07) is 5.92. The van der Waals surface area contributed by atoms with E-state index in [4.69, 9.17) is 14.2 Å². The molecule has 3 heterocycles. The molecule has 0 bridgehead atoms. The summed E-state index contributed by atoms with van der Waals surface area (Å²) < 4.78 is 18.8. The van der Waals surface area contributed by atoms with Gasteiger partial charge in [0.15, 0.2) is 5.82 Å². The first-order valence-electron chi connectivity index (χ1n) is 12.0. The Kier molecular flexibility index (Phi) is 6.95. The van der Waals surface area contributed by atoms with Gasteiger partial charge in [-0.3, -0.25) is 4.79 Å². The number of fused-ring (bicyclic) bond motifs is 1. The molecule has 0 radical (unpaired) electrons. The molecule has 8 heteroatoms. The quantitative estimate of drug-likeness (QED) is 0.473. The molecular formula is C26H34N4O4. The van der Waals surface area contributed by atoms with Crippen LogP contribution in [0.3, 0.4) is 0 Å². The molecule has 1 aliphatic rings. The number of piperidine rings is 1. The zero-order valence-electron chi connectivity index (χ0n) is 21.0. The molecule has 1 fully saturated rings. The van der Waals surface area contributed by atoms with Crippen LogP contribution in [0.25, 0.3) is 16.5 Å². The Morgan fingerprint density at radius 2 is 1.74 bits per heavy atom. The van der Waals surface area contributed by atoms with Crippen LogP contribution in [-0.2, 0) is 9.53 Å². The van der Waals surface area contributed by atoms with Gasteiger partial charge < -0.3 is 23.7 Å². The number of aryl methyl sites for hydroxylation is 3. The zero-order chi connectivity index (χ0) is 24.4. The van der Waals surface area contributed by atoms with Gasteiger partial charge in [-0.25, -0.2) is 0 Å². The fourth-order valence-electron chi connectivity index (χ4n) is 5.04. The van der Waals surface area contributed by atoms with Crippen molar-refractivity contribution in [2.75, 3.05) is 38.3 Å². The number of rotatable bonds is 7. The number of hydrogen-bond donors (Lipinski definition) is 0. The summed E-state index contributed by atoms with van der Waals surface area (Å²) in [5.74, 6) is 2.24. The van der Waals surface area contributed by atoms with Gasteiger partial charge in [0.1, 0.15) is 11.5 Å². The third-order valence-electron chi connectivity index (χ3n) is 6.64. The fourth-order valence-corrected chi connectivity index (χ4v) is 5.04. The molecule has 0 atom stereocenters. The number of methoxy groups -OCH3 is 1. The highest BCUT2D eigenvalue weighted by Crippen LogP contribution is 2.39. The van der Waals surface area contributed by atoms with Gasteiger partial charge in [0.05, 0.1) is 37.6 Å². The van der Waals surface area contributed by atoms with Crippen LogP contribution in [0.2, 0.25) is 0 Å². The van der Waals surface area contributed by atoms with Crippen molar-refractivity contribution in [2.45, 2.75) is 47.5 Å². The molecule has 0 amide bonds. The first-order chi connectivity index (χ1) is 16.4. The standard InChI is InChI=1S/C26H34N4O4/c1-7-33-20-9-10-21(22(15-20)32-6)30-17(4)23-16(3)27-28-25(24(23)18(30)5)29-13-11-19(12-14-29)26(31)34-8-2/h9-10,15,19H,7-8,11-14H2,1-6H3. The van der Waals surface area contributed by atoms with Crippen molar-refractivity contribution in [3.63, 3.8) is 0 Å². The van der Waals surface area contributed by atoms with Gasteiger partial charge in [0, 0.05) is 41.3 Å². The van der Waals surface area contributed by atoms with E-state index in [1.165, 1.54) is 0 Å². The molecule has 0 unspecified atom stereocenters. The molecular weight excluding hydrogens is 432 g/mol. The molecule has 2 aromatic heterocycles. The second kappa shape index (κ2) is 9.91. The summed E-state index contributed by atoms with van der Waals surface area (Å²) in [5.41, 5.74) is 4.01. The van der Waals surface area contributed by atoms with Crippen LogP contribution >= 0.6 is 0 Å². The minimum absolute atomic E-state index is 0.0503. The topological polar surface area (TPSA) is 78.7 Å². The number of hydrogen-bond acceptors (Lipinski definition) is 7. The van der Waals surface area contributed by atoms with Gasteiger partial charge in [-0.05, 0) is 59.6 Å². The lowest BCUT2D eigenvalue weighted by molar-refractivity contribution is -0.148. The van der Waals surface area contributed by atoms with E-state index in [-0.39, 0.29) is 11.9 Å². The Hall–Kier alpha value is -3.29. The maximum absolute atomic E-state index is 12.2. The van der Waals surface area contributed by atoms with Gasteiger partial charge in [-0.1, -0.05) is 0 Å². The minimum atomic E-state index is -0.0944. The first kappa shape index (κ1) is 23.9. The van der Waals surface area contributed by atoms with E-state index >= 15 is 0 Å². The number of ether oxygens (including phenoxy) is 3. The molecule has 4 rings (SSSR count). The van der Waals surface area contributed by atoms with Crippen LogP contribution in [0.5, 0.6) is 11.5 Å². The SMILES string of the molecule is CCOC(=O)C1CCN(c2nnc(C)c3c(C)n(-c4ccc(OCC)cc4OC)c(C)c23)CC1. The summed E-state index contributed by atoms with van der Waals surface area (Å²) in [6.07, 6.45) is 1.50. The summed E-state index contributed by atoms with van der Waals surface area (Å²) in [5, 5.41) is 11.3. The Bertz CT molecular complexity index is 1200. The van der Waals surface area contributed by atoms with E-state index in [9.17, 15) is 4.79 Å². The molecule has 0 spiro atoms. The summed E-state index contributed by atoms with van der Waals surface area (Å²) >= 11 is 0. The second-order valence-electron chi connectivity index (χ2n) is 8.65. The number of anilines is 1. The van der Waals surface area contributed by atoms with Gasteiger partial charge in [0.2, 0.25) is 0 Å². The van der Waals surface area contributed by atoms with Crippen molar-refractivity contribution in [1.82, 2.24) is 14.8 Å². The summed E-state index contributed by atoms with van der Waals surface area (Å²) in [6.45, 7) is 12.5. The van der Waals surface area contributed by atoms with Crippen molar-refractivity contribution in [3.8, 4) is 17.2 Å². The van der Waals surface area contributed by atoms with E-state index in [1.54, 1.807) is 7.11 Å². The lowest BCUT2D eigenvalue weighted by atomic mass is 9.96. The third-order valence-corrected chi connectivity index (χ3v) is 6.64. The van der Waals surface area contributed by atoms with E-state index in [0.717, 1.165) is 76.8 Å². The molecule has 8 nitrogen and oxygen atoms in total. The van der Waals surface area contributed by atoms with Crippen molar-refractivity contribution in [3.05, 3.63) is 35.3 Å². The van der Waals surface area contributed by atoms with Crippen molar-refractivity contribution in [1.29, 1.82) is 0 Å². The first-order valence-corrected chi connectivity index (χ1v) is 12.0. The van der Waals surface area contributed by atoms with E-state index in [0.29, 0.717) is 13.2 Å². The largest absolute Gasteiger partial charge is 0.494 e. The predicted octanol–water partition coefficient (Wildman–Crippen LogP) is 4.53. The normalized spacial score (nSPS) is 14.5. The minimum Gasteiger partial charge on any atom is -0.494 e. The highest BCUT2D eigenvalue weighted by molar-refractivity contribution is 5.99. The Labute approximate surface area is 200 Å². The Morgan fingerprint density at radius 3 is 2.38 bits per heavy atom.